The van der Waals surface area contributed by atoms with Crippen molar-refractivity contribution in [2.45, 2.75) is 38.8 Å². The molecule has 218 valence electrons. The molecule has 1 aliphatic rings. The van der Waals surface area contributed by atoms with Gasteiger partial charge in [0.15, 0.2) is 22.9 Å². The number of imidazole rings is 3. The van der Waals surface area contributed by atoms with Crippen molar-refractivity contribution in [3.63, 3.8) is 0 Å². The molecule has 15 heteroatoms. The first kappa shape index (κ1) is 26.8. The lowest BCUT2D eigenvalue weighted by molar-refractivity contribution is 0.0520. The van der Waals surface area contributed by atoms with E-state index in [1.165, 1.54) is 33.2 Å². The second-order valence-corrected chi connectivity index (χ2v) is 10.6. The fourth-order valence-corrected chi connectivity index (χ4v) is 5.08. The maximum absolute atomic E-state index is 14.5. The first-order valence-corrected chi connectivity index (χ1v) is 14.0. The van der Waals surface area contributed by atoms with Gasteiger partial charge in [0, 0.05) is 24.8 Å². The van der Waals surface area contributed by atoms with Crippen molar-refractivity contribution in [2.75, 3.05) is 6.61 Å². The van der Waals surface area contributed by atoms with Gasteiger partial charge in [-0.1, -0.05) is 16.8 Å². The summed E-state index contributed by atoms with van der Waals surface area (Å²) in [5.41, 5.74) is 4.14. The average Bonchev–Trinajstić information content (AvgIpc) is 3.37. The van der Waals surface area contributed by atoms with Crippen molar-refractivity contribution in [3.05, 3.63) is 95.0 Å². The van der Waals surface area contributed by atoms with E-state index in [0.717, 1.165) is 18.5 Å². The monoisotopic (exact) mass is 602 g/mol. The van der Waals surface area contributed by atoms with Crippen LogP contribution in [0.25, 0.3) is 16.9 Å². The van der Waals surface area contributed by atoms with Crippen LogP contribution in [0.5, 0.6) is 0 Å². The highest BCUT2D eigenvalue weighted by Gasteiger charge is 2.26. The Morgan fingerprint density at radius 2 is 1.98 bits per heavy atom. The Morgan fingerprint density at radius 1 is 1.12 bits per heavy atom. The van der Waals surface area contributed by atoms with Crippen LogP contribution in [0.1, 0.15) is 63.6 Å². The predicted molar refractivity (Wildman–Crippen MR) is 151 cm³/mol. The molecule has 0 aromatic carbocycles. The fourth-order valence-electron chi connectivity index (χ4n) is 4.94. The van der Waals surface area contributed by atoms with Gasteiger partial charge in [0.25, 0.3) is 5.91 Å². The van der Waals surface area contributed by atoms with Crippen molar-refractivity contribution in [2.24, 2.45) is 0 Å². The van der Waals surface area contributed by atoms with Gasteiger partial charge >= 0.3 is 5.97 Å². The predicted octanol–water partition coefficient (Wildman–Crippen LogP) is 3.58. The Kier molecular flexibility index (Phi) is 6.61. The summed E-state index contributed by atoms with van der Waals surface area (Å²) < 4.78 is 26.3. The minimum atomic E-state index is -0.607. The van der Waals surface area contributed by atoms with Crippen molar-refractivity contribution in [3.8, 4) is 5.69 Å². The summed E-state index contributed by atoms with van der Waals surface area (Å²) in [4.78, 5) is 38.2. The zero-order valence-corrected chi connectivity index (χ0v) is 23.6. The second kappa shape index (κ2) is 10.6. The summed E-state index contributed by atoms with van der Waals surface area (Å²) in [6.45, 7) is 2.24. The van der Waals surface area contributed by atoms with Gasteiger partial charge < -0.3 is 23.4 Å². The molecular formula is C28H24ClFN10O3. The van der Waals surface area contributed by atoms with Crippen LogP contribution in [0, 0.1) is 5.82 Å². The largest absolute Gasteiger partial charge is 0.461 e. The van der Waals surface area contributed by atoms with E-state index in [0.29, 0.717) is 23.0 Å². The van der Waals surface area contributed by atoms with E-state index < -0.39 is 17.7 Å². The first-order valence-electron chi connectivity index (χ1n) is 13.6. The number of nitrogens with one attached hydrogen (secondary N) is 1. The molecule has 0 radical (unpaired) electrons. The molecule has 43 heavy (non-hydrogen) atoms. The lowest BCUT2D eigenvalue weighted by Crippen LogP contribution is -2.23. The number of pyridine rings is 2. The number of hydrogen-bond donors (Lipinski definition) is 1. The minimum Gasteiger partial charge on any atom is -0.461 e. The summed E-state index contributed by atoms with van der Waals surface area (Å²) in [5, 5.41) is 10.8. The number of aromatic nitrogens is 9. The fraction of sp³-hybridized carbons (Fsp3) is 0.250. The molecule has 0 spiro atoms. The molecule has 6 aromatic rings. The highest BCUT2D eigenvalue weighted by atomic mass is 35.5. The number of ether oxygens (including phenoxy) is 1. The standard InChI is InChI=1S/C28H24ClFN10O3/c1-2-43-28(42)22-12-39(15-33-22)23-7-17(16-3-4-16)9-38-10-18(34-26(23)38)11-40-13-21(35-36-40)27(41)31-8-20-25-24(30)19(29)5-6-37(25)14-32-20/h5-7,9-10,12-16H,2-4,8,11H2,1H3,(H,31,41). The van der Waals surface area contributed by atoms with Gasteiger partial charge in [-0.2, -0.15) is 0 Å². The number of esters is 1. The summed E-state index contributed by atoms with van der Waals surface area (Å²) in [6.07, 6.45) is 14.0. The summed E-state index contributed by atoms with van der Waals surface area (Å²) in [7, 11) is 0. The van der Waals surface area contributed by atoms with E-state index in [-0.39, 0.29) is 41.6 Å². The lowest BCUT2D eigenvalue weighted by atomic mass is 10.2. The van der Waals surface area contributed by atoms with Crippen LogP contribution >= 0.6 is 11.6 Å². The van der Waals surface area contributed by atoms with Crippen molar-refractivity contribution >= 4 is 34.6 Å². The Hall–Kier alpha value is -5.11. The van der Waals surface area contributed by atoms with Gasteiger partial charge in [0.05, 0.1) is 54.3 Å². The molecule has 0 bridgehead atoms. The van der Waals surface area contributed by atoms with Crippen LogP contribution in [-0.4, -0.2) is 61.8 Å². The van der Waals surface area contributed by atoms with E-state index >= 15 is 0 Å². The topological polar surface area (TPSA) is 139 Å². The molecule has 6 aromatic heterocycles. The van der Waals surface area contributed by atoms with Gasteiger partial charge in [0.1, 0.15) is 11.8 Å². The van der Waals surface area contributed by atoms with E-state index in [2.05, 4.69) is 37.9 Å². The Balaban J connectivity index is 1.10. The SMILES string of the molecule is CCOC(=O)c1cn(-c2cc(C3CC3)cn3cc(Cn4cc(C(=O)NCc5ncn6ccc(Cl)c(F)c56)nn4)nc23)cn1. The summed E-state index contributed by atoms with van der Waals surface area (Å²) >= 11 is 5.91. The third-order valence-corrected chi connectivity index (χ3v) is 7.47. The highest BCUT2D eigenvalue weighted by molar-refractivity contribution is 6.31. The summed E-state index contributed by atoms with van der Waals surface area (Å²) in [5.74, 6) is -1.10. The number of rotatable bonds is 9. The Morgan fingerprint density at radius 3 is 2.79 bits per heavy atom. The zero-order chi connectivity index (χ0) is 29.7. The van der Waals surface area contributed by atoms with Crippen LogP contribution in [0.15, 0.2) is 55.8 Å². The molecule has 0 aliphatic heterocycles. The Bertz CT molecular complexity index is 2020. The number of fused-ring (bicyclic) bond motifs is 2. The van der Waals surface area contributed by atoms with Crippen molar-refractivity contribution < 1.29 is 18.7 Å². The van der Waals surface area contributed by atoms with E-state index in [4.69, 9.17) is 21.3 Å². The number of amides is 1. The molecule has 1 saturated carbocycles. The molecule has 6 heterocycles. The maximum Gasteiger partial charge on any atom is 0.358 e. The van der Waals surface area contributed by atoms with Crippen molar-refractivity contribution in [1.29, 1.82) is 0 Å². The molecule has 1 aliphatic carbocycles. The van der Waals surface area contributed by atoms with Crippen LogP contribution in [0.3, 0.4) is 0 Å². The molecule has 0 unspecified atom stereocenters. The minimum absolute atomic E-state index is 0.0237. The average molecular weight is 603 g/mol. The van der Waals surface area contributed by atoms with Gasteiger partial charge in [0.2, 0.25) is 0 Å². The third-order valence-electron chi connectivity index (χ3n) is 7.18. The number of halogens is 2. The zero-order valence-electron chi connectivity index (χ0n) is 22.8. The Labute approximate surface area is 247 Å². The third kappa shape index (κ3) is 5.09. The second-order valence-electron chi connectivity index (χ2n) is 10.2. The van der Waals surface area contributed by atoms with Crippen molar-refractivity contribution in [1.82, 2.24) is 48.6 Å². The molecule has 0 atom stereocenters. The number of carbonyl (C=O) groups is 2. The normalized spacial score (nSPS) is 13.2. The van der Waals surface area contributed by atoms with Gasteiger partial charge in [-0.3, -0.25) is 4.79 Å². The number of carbonyl (C=O) groups excluding carboxylic acids is 2. The van der Waals surface area contributed by atoms with Gasteiger partial charge in [-0.05, 0) is 43.4 Å². The van der Waals surface area contributed by atoms with Crippen LogP contribution in [0.4, 0.5) is 4.39 Å². The lowest BCUT2D eigenvalue weighted by Gasteiger charge is -2.08. The van der Waals surface area contributed by atoms with Crippen LogP contribution in [0.2, 0.25) is 5.02 Å². The number of hydrogen-bond acceptors (Lipinski definition) is 8. The van der Waals surface area contributed by atoms with Crippen LogP contribution in [-0.2, 0) is 17.8 Å². The molecule has 1 fully saturated rings. The molecule has 13 nitrogen and oxygen atoms in total. The smallest absolute Gasteiger partial charge is 0.358 e. The first-order chi connectivity index (χ1) is 20.9. The van der Waals surface area contributed by atoms with Crippen LogP contribution < -0.4 is 5.32 Å². The number of nitrogens with zero attached hydrogens (tertiary/aromatic N) is 9. The molecule has 1 amide bonds. The molecular weight excluding hydrogens is 579 g/mol. The molecule has 1 N–H and O–H groups in total. The summed E-state index contributed by atoms with van der Waals surface area (Å²) in [6, 6.07) is 3.50. The molecule has 7 rings (SSSR count). The molecule has 0 saturated heterocycles. The maximum atomic E-state index is 14.5. The van der Waals surface area contributed by atoms with E-state index in [1.807, 2.05) is 10.6 Å². The highest BCUT2D eigenvalue weighted by Crippen LogP contribution is 2.41. The van der Waals surface area contributed by atoms with E-state index in [1.54, 1.807) is 30.2 Å². The quantitative estimate of drug-likeness (QED) is 0.248. The van der Waals surface area contributed by atoms with Gasteiger partial charge in [-0.15, -0.1) is 5.10 Å². The van der Waals surface area contributed by atoms with E-state index in [9.17, 15) is 14.0 Å². The van der Waals surface area contributed by atoms with Gasteiger partial charge in [-0.25, -0.2) is 28.8 Å².